The molecule has 36 heavy (non-hydrogen) atoms. The van der Waals surface area contributed by atoms with Gasteiger partial charge in [-0.15, -0.1) is 40.2 Å². The predicted molar refractivity (Wildman–Crippen MR) is 130 cm³/mol. The first-order valence-corrected chi connectivity index (χ1v) is 12.7. The SMILES string of the molecule is CO/N=C(\C(=O)N[C@@H]1C(=O)N2C(C(=O)[O-])=C(C[n+]3c(C)nn4c3CCC4)CS[C@H]12)c1csc(N)n1.Cl. The first-order chi connectivity index (χ1) is 16.8. The van der Waals surface area contributed by atoms with Gasteiger partial charge in [0, 0.05) is 29.6 Å². The average Bonchev–Trinajstić information content (AvgIpc) is 3.53. The number of nitrogens with two attached hydrogens (primary N) is 1. The lowest BCUT2D eigenvalue weighted by Gasteiger charge is -2.50. The number of thioether (sulfide) groups is 1. The highest BCUT2D eigenvalue weighted by atomic mass is 35.5. The van der Waals surface area contributed by atoms with Crippen LogP contribution in [0.3, 0.4) is 0 Å². The Hall–Kier alpha value is -3.17. The number of thiazole rings is 1. The molecule has 0 aromatic carbocycles. The maximum atomic E-state index is 13.0. The van der Waals surface area contributed by atoms with E-state index in [1.165, 1.54) is 23.8 Å². The van der Waals surface area contributed by atoms with Crippen molar-refractivity contribution in [3.8, 4) is 0 Å². The molecule has 192 valence electrons. The summed E-state index contributed by atoms with van der Waals surface area (Å²) in [7, 11) is 1.28. The summed E-state index contributed by atoms with van der Waals surface area (Å²) in [5.41, 5.74) is 6.15. The van der Waals surface area contributed by atoms with Gasteiger partial charge in [-0.25, -0.2) is 9.55 Å². The molecule has 1 saturated heterocycles. The van der Waals surface area contributed by atoms with Crippen molar-refractivity contribution in [2.75, 3.05) is 18.6 Å². The third kappa shape index (κ3) is 4.30. The van der Waals surface area contributed by atoms with Gasteiger partial charge in [-0.3, -0.25) is 14.5 Å². The molecule has 13 nitrogen and oxygen atoms in total. The van der Waals surface area contributed by atoms with E-state index >= 15 is 0 Å². The van der Waals surface area contributed by atoms with Crippen LogP contribution in [0.5, 0.6) is 0 Å². The Kier molecular flexibility index (Phi) is 7.24. The summed E-state index contributed by atoms with van der Waals surface area (Å²) in [6, 6.07) is -0.934. The van der Waals surface area contributed by atoms with E-state index in [1.54, 1.807) is 5.38 Å². The summed E-state index contributed by atoms with van der Waals surface area (Å²) in [6.45, 7) is 3.01. The Balaban J connectivity index is 0.00000304. The fourth-order valence-electron chi connectivity index (χ4n) is 4.53. The van der Waals surface area contributed by atoms with Gasteiger partial charge < -0.3 is 25.8 Å². The van der Waals surface area contributed by atoms with Gasteiger partial charge in [0.25, 0.3) is 17.6 Å². The van der Waals surface area contributed by atoms with Crippen molar-refractivity contribution in [1.82, 2.24) is 25.0 Å². The molecule has 1 fully saturated rings. The van der Waals surface area contributed by atoms with Crippen molar-refractivity contribution < 1.29 is 28.9 Å². The number of nitrogens with zero attached hydrogens (tertiary/aromatic N) is 6. The Bertz CT molecular complexity index is 1310. The lowest BCUT2D eigenvalue weighted by molar-refractivity contribution is -0.702. The van der Waals surface area contributed by atoms with Crippen LogP contribution < -0.4 is 20.7 Å². The molecule has 2 atom stereocenters. The molecule has 16 heteroatoms. The van der Waals surface area contributed by atoms with Crippen molar-refractivity contribution in [2.24, 2.45) is 5.16 Å². The number of aliphatic carboxylic acids is 1. The number of aryl methyl sites for hydroxylation is 2. The fourth-order valence-corrected chi connectivity index (χ4v) is 6.42. The number of carboxylic acids is 1. The molecule has 0 spiro atoms. The molecule has 0 aliphatic carbocycles. The quantitative estimate of drug-likeness (QED) is 0.176. The molecule has 3 N–H and O–H groups in total. The molecule has 2 aromatic rings. The van der Waals surface area contributed by atoms with Crippen LogP contribution in [0.15, 0.2) is 21.8 Å². The molecule has 2 amide bonds. The van der Waals surface area contributed by atoms with Gasteiger partial charge >= 0.3 is 0 Å². The number of hydrogen-bond donors (Lipinski definition) is 2. The van der Waals surface area contributed by atoms with Crippen LogP contribution in [0.25, 0.3) is 0 Å². The van der Waals surface area contributed by atoms with Gasteiger partial charge in [-0.1, -0.05) is 5.16 Å². The van der Waals surface area contributed by atoms with E-state index in [-0.39, 0.29) is 34.6 Å². The molecule has 0 bridgehead atoms. The Morgan fingerprint density at radius 1 is 1.44 bits per heavy atom. The molecule has 2 aromatic heterocycles. The van der Waals surface area contributed by atoms with E-state index in [2.05, 4.69) is 20.6 Å². The normalized spacial score (nSPS) is 20.9. The standard InChI is InChI=1S/C20H22N8O5S2.ClH/c1-9-24-27-5-3-4-12(27)26(9)6-10-7-34-18-14(17(30)28(18)15(10)19(31)32)23-16(29)13(25-33-2)11-8-35-20(21)22-11;/h8,14,18H,3-7H2,1-2H3,(H3-,21,22,23,29,31,32);1H/b25-13-;/t14-,18-;/m1./s1. The lowest BCUT2D eigenvalue weighted by Crippen LogP contribution is -2.71. The second-order valence-electron chi connectivity index (χ2n) is 8.17. The highest BCUT2D eigenvalue weighted by molar-refractivity contribution is 8.00. The summed E-state index contributed by atoms with van der Waals surface area (Å²) >= 11 is 2.51. The van der Waals surface area contributed by atoms with E-state index in [4.69, 9.17) is 10.6 Å². The number of anilines is 1. The third-order valence-corrected chi connectivity index (χ3v) is 8.09. The number of carbonyl (C=O) groups excluding carboxylic acids is 3. The van der Waals surface area contributed by atoms with Crippen LogP contribution in [-0.4, -0.2) is 67.4 Å². The highest BCUT2D eigenvalue weighted by Crippen LogP contribution is 2.40. The van der Waals surface area contributed by atoms with Crippen LogP contribution in [0, 0.1) is 6.92 Å². The fraction of sp³-hybridized carbons (Fsp3) is 0.450. The lowest BCUT2D eigenvalue weighted by atomic mass is 10.0. The number of nitrogen functional groups attached to an aromatic ring is 1. The van der Waals surface area contributed by atoms with Crippen LogP contribution >= 0.6 is 35.5 Å². The van der Waals surface area contributed by atoms with Crippen molar-refractivity contribution in [3.63, 3.8) is 0 Å². The third-order valence-electron chi connectivity index (χ3n) is 6.07. The molecule has 3 aliphatic heterocycles. The first-order valence-electron chi connectivity index (χ1n) is 10.8. The predicted octanol–water partition coefficient (Wildman–Crippen LogP) is -1.66. The summed E-state index contributed by atoms with van der Waals surface area (Å²) < 4.78 is 3.92. The summed E-state index contributed by atoms with van der Waals surface area (Å²) in [6.07, 6.45) is 1.84. The number of halogens is 1. The molecule has 3 aliphatic rings. The number of hydrogen-bond acceptors (Lipinski definition) is 11. The molecular weight excluding hydrogens is 532 g/mol. The molecule has 0 unspecified atom stereocenters. The second kappa shape index (κ2) is 10.1. The zero-order chi connectivity index (χ0) is 24.9. The monoisotopic (exact) mass is 554 g/mol. The van der Waals surface area contributed by atoms with Crippen molar-refractivity contribution in [1.29, 1.82) is 0 Å². The van der Waals surface area contributed by atoms with E-state index in [9.17, 15) is 19.5 Å². The summed E-state index contributed by atoms with van der Waals surface area (Å²) in [4.78, 5) is 48.0. The number of rotatable bonds is 7. The Morgan fingerprint density at radius 3 is 2.89 bits per heavy atom. The van der Waals surface area contributed by atoms with Gasteiger partial charge in [0.1, 0.15) is 30.8 Å². The number of carboxylic acid groups (broad SMARTS) is 1. The second-order valence-corrected chi connectivity index (χ2v) is 10.2. The smallest absolute Gasteiger partial charge is 0.276 e. The average molecular weight is 555 g/mol. The van der Waals surface area contributed by atoms with E-state index in [1.807, 2.05) is 16.2 Å². The first kappa shape index (κ1) is 25.9. The van der Waals surface area contributed by atoms with Crippen LogP contribution in [0.1, 0.15) is 23.8 Å². The number of carbonyl (C=O) groups is 3. The summed E-state index contributed by atoms with van der Waals surface area (Å²) in [5, 5.41) is 24.2. The Morgan fingerprint density at radius 2 is 2.22 bits per heavy atom. The molecule has 5 rings (SSSR count). The molecule has 0 saturated carbocycles. The topological polar surface area (TPSA) is 172 Å². The van der Waals surface area contributed by atoms with Gasteiger partial charge in [-0.2, -0.15) is 0 Å². The van der Waals surface area contributed by atoms with Crippen LogP contribution in [0.2, 0.25) is 0 Å². The number of aromatic nitrogens is 4. The van der Waals surface area contributed by atoms with E-state index < -0.39 is 29.2 Å². The van der Waals surface area contributed by atoms with Gasteiger partial charge in [0.2, 0.25) is 5.82 Å². The zero-order valence-electron chi connectivity index (χ0n) is 19.3. The Labute approximate surface area is 219 Å². The van der Waals surface area contributed by atoms with Gasteiger partial charge in [0.15, 0.2) is 10.8 Å². The number of amides is 2. The minimum Gasteiger partial charge on any atom is -0.543 e. The number of β-lactam (4-membered cyclic amide) rings is 1. The van der Waals surface area contributed by atoms with Crippen LogP contribution in [0.4, 0.5) is 5.13 Å². The highest BCUT2D eigenvalue weighted by Gasteiger charge is 2.53. The number of fused-ring (bicyclic) bond motifs is 2. The van der Waals surface area contributed by atoms with Crippen molar-refractivity contribution in [2.45, 2.75) is 44.3 Å². The molecule has 0 radical (unpaired) electrons. The molecular formula is C20H23ClN8O5S2. The van der Waals surface area contributed by atoms with Crippen LogP contribution in [-0.2, 0) is 38.7 Å². The van der Waals surface area contributed by atoms with Crippen molar-refractivity contribution in [3.05, 3.63) is 34.0 Å². The number of nitrogens with one attached hydrogen (secondary N) is 1. The summed E-state index contributed by atoms with van der Waals surface area (Å²) in [5.74, 6) is -0.462. The zero-order valence-corrected chi connectivity index (χ0v) is 21.7. The van der Waals surface area contributed by atoms with E-state index in [0.29, 0.717) is 17.9 Å². The number of oxime groups is 1. The van der Waals surface area contributed by atoms with Gasteiger partial charge in [0.05, 0.1) is 18.2 Å². The van der Waals surface area contributed by atoms with Gasteiger partial charge in [-0.05, 0) is 12.0 Å². The largest absolute Gasteiger partial charge is 0.543 e. The van der Waals surface area contributed by atoms with Crippen molar-refractivity contribution >= 4 is 64.1 Å². The minimum atomic E-state index is -1.43. The van der Waals surface area contributed by atoms with E-state index in [0.717, 1.165) is 42.4 Å². The maximum Gasteiger partial charge on any atom is 0.276 e. The minimum absolute atomic E-state index is 0. The maximum absolute atomic E-state index is 13.0. The molecule has 5 heterocycles.